The van der Waals surface area contributed by atoms with Crippen LogP contribution < -0.4 is 5.73 Å². The average Bonchev–Trinajstić information content (AvgIpc) is 2.08. The molecule has 0 bridgehead atoms. The van der Waals surface area contributed by atoms with E-state index in [1.807, 2.05) is 0 Å². The quantitative estimate of drug-likeness (QED) is 0.402. The van der Waals surface area contributed by atoms with Gasteiger partial charge in [-0.05, 0) is 0 Å². The summed E-state index contributed by atoms with van der Waals surface area (Å²) in [6.07, 6.45) is 0. The molecule has 66 valence electrons. The van der Waals surface area contributed by atoms with Crippen LogP contribution in [0.25, 0.3) is 0 Å². The predicted octanol–water partition coefficient (Wildman–Crippen LogP) is 2.99. The maximum Gasteiger partial charge on any atom is 0.186 e. The molecule has 1 aromatic carbocycles. The SMILES string of the molecule is Nc1c(F)c(F)c(Cl)c(Cl)c1F. The summed E-state index contributed by atoms with van der Waals surface area (Å²) in [7, 11) is 0. The third kappa shape index (κ3) is 1.21. The first-order valence-electron chi connectivity index (χ1n) is 2.73. The van der Waals surface area contributed by atoms with Gasteiger partial charge in [0.2, 0.25) is 0 Å². The van der Waals surface area contributed by atoms with E-state index < -0.39 is 33.2 Å². The summed E-state index contributed by atoms with van der Waals surface area (Å²) < 4.78 is 37.8. The van der Waals surface area contributed by atoms with E-state index >= 15 is 0 Å². The van der Waals surface area contributed by atoms with Gasteiger partial charge < -0.3 is 5.73 Å². The standard InChI is InChI=1S/C6H2Cl2F3N/c7-1-2(8)4(10)6(12)5(11)3(1)9/h12H2. The molecule has 0 saturated heterocycles. The summed E-state index contributed by atoms with van der Waals surface area (Å²) in [6, 6.07) is 0. The van der Waals surface area contributed by atoms with Crippen LogP contribution in [0.1, 0.15) is 0 Å². The highest BCUT2D eigenvalue weighted by Crippen LogP contribution is 2.33. The largest absolute Gasteiger partial charge is 0.394 e. The topological polar surface area (TPSA) is 26.0 Å². The molecule has 0 amide bonds. The zero-order valence-corrected chi connectivity index (χ0v) is 6.98. The Balaban J connectivity index is 3.60. The van der Waals surface area contributed by atoms with Crippen molar-refractivity contribution in [3.63, 3.8) is 0 Å². The van der Waals surface area contributed by atoms with Gasteiger partial charge in [0.05, 0.1) is 0 Å². The lowest BCUT2D eigenvalue weighted by Gasteiger charge is -2.04. The molecule has 2 N–H and O–H groups in total. The zero-order chi connectivity index (χ0) is 9.46. The van der Waals surface area contributed by atoms with Gasteiger partial charge in [0, 0.05) is 0 Å². The summed E-state index contributed by atoms with van der Waals surface area (Å²) in [5.41, 5.74) is 3.85. The second kappa shape index (κ2) is 3.03. The fraction of sp³-hybridized carbons (Fsp3) is 0. The van der Waals surface area contributed by atoms with Crippen molar-refractivity contribution in [2.24, 2.45) is 0 Å². The van der Waals surface area contributed by atoms with Crippen LogP contribution in [0.3, 0.4) is 0 Å². The van der Waals surface area contributed by atoms with E-state index in [4.69, 9.17) is 28.9 Å². The van der Waals surface area contributed by atoms with Crippen LogP contribution in [0, 0.1) is 17.5 Å². The Kier molecular flexibility index (Phi) is 2.39. The average molecular weight is 216 g/mol. The Morgan fingerprint density at radius 2 is 1.25 bits per heavy atom. The molecule has 12 heavy (non-hydrogen) atoms. The van der Waals surface area contributed by atoms with Gasteiger partial charge in [0.1, 0.15) is 15.7 Å². The molecule has 0 atom stereocenters. The molecule has 1 rings (SSSR count). The van der Waals surface area contributed by atoms with E-state index in [-0.39, 0.29) is 0 Å². The van der Waals surface area contributed by atoms with Crippen LogP contribution in [0.2, 0.25) is 10.0 Å². The molecule has 0 radical (unpaired) electrons. The molecule has 6 heteroatoms. The van der Waals surface area contributed by atoms with Crippen molar-refractivity contribution in [2.75, 3.05) is 5.73 Å². The monoisotopic (exact) mass is 215 g/mol. The molecular formula is C6H2Cl2F3N. The molecule has 0 aliphatic carbocycles. The lowest BCUT2D eigenvalue weighted by atomic mass is 10.3. The van der Waals surface area contributed by atoms with Crippen LogP contribution in [0.5, 0.6) is 0 Å². The Hall–Kier alpha value is -0.610. The second-order valence-electron chi connectivity index (χ2n) is 1.98. The van der Waals surface area contributed by atoms with Gasteiger partial charge >= 0.3 is 0 Å². The van der Waals surface area contributed by atoms with Crippen LogP contribution in [0.4, 0.5) is 18.9 Å². The van der Waals surface area contributed by atoms with Crippen LogP contribution in [0.15, 0.2) is 0 Å². The van der Waals surface area contributed by atoms with E-state index in [1.165, 1.54) is 0 Å². The van der Waals surface area contributed by atoms with Crippen LogP contribution >= 0.6 is 23.2 Å². The number of halogens is 5. The summed E-state index contributed by atoms with van der Waals surface area (Å²) in [4.78, 5) is 0. The number of hydrogen-bond acceptors (Lipinski definition) is 1. The molecule has 0 aliphatic heterocycles. The van der Waals surface area contributed by atoms with Gasteiger partial charge in [-0.2, -0.15) is 0 Å². The Labute approximate surface area is 75.9 Å². The highest BCUT2D eigenvalue weighted by Gasteiger charge is 2.20. The minimum Gasteiger partial charge on any atom is -0.394 e. The fourth-order valence-electron chi connectivity index (χ4n) is 0.622. The minimum atomic E-state index is -1.53. The first-order valence-corrected chi connectivity index (χ1v) is 3.49. The van der Waals surface area contributed by atoms with Crippen molar-refractivity contribution >= 4 is 28.9 Å². The molecule has 0 aromatic heterocycles. The number of rotatable bonds is 0. The third-order valence-electron chi connectivity index (χ3n) is 1.24. The van der Waals surface area contributed by atoms with E-state index in [9.17, 15) is 13.2 Å². The zero-order valence-electron chi connectivity index (χ0n) is 5.47. The first-order chi connectivity index (χ1) is 5.46. The molecule has 0 unspecified atom stereocenters. The van der Waals surface area contributed by atoms with Crippen molar-refractivity contribution in [2.45, 2.75) is 0 Å². The molecule has 0 heterocycles. The normalized spacial score (nSPS) is 10.4. The van der Waals surface area contributed by atoms with Gasteiger partial charge in [-0.25, -0.2) is 13.2 Å². The highest BCUT2D eigenvalue weighted by atomic mass is 35.5. The number of hydrogen-bond donors (Lipinski definition) is 1. The van der Waals surface area contributed by atoms with Crippen LogP contribution in [-0.2, 0) is 0 Å². The Morgan fingerprint density at radius 3 is 1.75 bits per heavy atom. The molecule has 0 spiro atoms. The molecule has 0 saturated carbocycles. The predicted molar refractivity (Wildman–Crippen MR) is 40.7 cm³/mol. The maximum absolute atomic E-state index is 12.7. The smallest absolute Gasteiger partial charge is 0.186 e. The molecular weight excluding hydrogens is 214 g/mol. The van der Waals surface area contributed by atoms with Crippen molar-refractivity contribution in [1.82, 2.24) is 0 Å². The number of nitrogen functional groups attached to an aromatic ring is 1. The summed E-state index contributed by atoms with van der Waals surface area (Å²) >= 11 is 10.3. The summed E-state index contributed by atoms with van der Waals surface area (Å²) in [6.45, 7) is 0. The van der Waals surface area contributed by atoms with Gasteiger partial charge in [-0.1, -0.05) is 23.2 Å². The molecule has 1 aromatic rings. The second-order valence-corrected chi connectivity index (χ2v) is 2.74. The fourth-order valence-corrected chi connectivity index (χ4v) is 0.973. The number of anilines is 1. The van der Waals surface area contributed by atoms with Crippen molar-refractivity contribution < 1.29 is 13.2 Å². The first kappa shape index (κ1) is 9.48. The lowest BCUT2D eigenvalue weighted by molar-refractivity contribution is 0.501. The van der Waals surface area contributed by atoms with Gasteiger partial charge in [0.15, 0.2) is 17.5 Å². The summed E-state index contributed by atoms with van der Waals surface area (Å²) in [5, 5.41) is -1.52. The van der Waals surface area contributed by atoms with Gasteiger partial charge in [-0.15, -0.1) is 0 Å². The number of benzene rings is 1. The molecule has 0 aliphatic rings. The van der Waals surface area contributed by atoms with E-state index in [0.717, 1.165) is 0 Å². The van der Waals surface area contributed by atoms with Crippen molar-refractivity contribution in [3.8, 4) is 0 Å². The van der Waals surface area contributed by atoms with Gasteiger partial charge in [-0.3, -0.25) is 0 Å². The lowest BCUT2D eigenvalue weighted by Crippen LogP contribution is -2.00. The van der Waals surface area contributed by atoms with E-state index in [1.54, 1.807) is 0 Å². The molecule has 0 fully saturated rings. The van der Waals surface area contributed by atoms with Gasteiger partial charge in [0.25, 0.3) is 0 Å². The highest BCUT2D eigenvalue weighted by molar-refractivity contribution is 6.42. The minimum absolute atomic E-state index is 0.715. The van der Waals surface area contributed by atoms with Crippen molar-refractivity contribution in [1.29, 1.82) is 0 Å². The summed E-state index contributed by atoms with van der Waals surface area (Å²) in [5.74, 6) is -4.22. The number of nitrogens with two attached hydrogens (primary N) is 1. The molecule has 1 nitrogen and oxygen atoms in total. The maximum atomic E-state index is 12.7. The van der Waals surface area contributed by atoms with Crippen molar-refractivity contribution in [3.05, 3.63) is 27.5 Å². The Morgan fingerprint density at radius 1 is 0.833 bits per heavy atom. The van der Waals surface area contributed by atoms with E-state index in [0.29, 0.717) is 0 Å². The van der Waals surface area contributed by atoms with Crippen LogP contribution in [-0.4, -0.2) is 0 Å². The Bertz CT molecular complexity index is 235. The van der Waals surface area contributed by atoms with E-state index in [2.05, 4.69) is 0 Å². The third-order valence-corrected chi connectivity index (χ3v) is 2.05.